The van der Waals surface area contributed by atoms with E-state index in [4.69, 9.17) is 0 Å². The zero-order chi connectivity index (χ0) is 12.9. The molecular weight excluding hydrogens is 234 g/mol. The third-order valence-electron chi connectivity index (χ3n) is 2.78. The van der Waals surface area contributed by atoms with E-state index in [9.17, 15) is 4.79 Å². The summed E-state index contributed by atoms with van der Waals surface area (Å²) in [4.78, 5) is 12.4. The van der Waals surface area contributed by atoms with E-state index >= 15 is 0 Å². The Kier molecular flexibility index (Phi) is 5.15. The Morgan fingerprint density at radius 1 is 1.53 bits per heavy atom. The molecule has 0 aliphatic carbocycles. The van der Waals surface area contributed by atoms with Crippen LogP contribution in [0, 0.1) is 6.92 Å². The van der Waals surface area contributed by atoms with Crippen molar-refractivity contribution in [1.82, 2.24) is 5.32 Å². The minimum atomic E-state index is -0.164. The zero-order valence-corrected chi connectivity index (χ0v) is 11.8. The van der Waals surface area contributed by atoms with E-state index in [0.717, 1.165) is 6.54 Å². The molecule has 0 saturated carbocycles. The number of hydrogen-bond donors (Lipinski definition) is 1. The fourth-order valence-corrected chi connectivity index (χ4v) is 2.89. The summed E-state index contributed by atoms with van der Waals surface area (Å²) in [6.45, 7) is 8.11. The van der Waals surface area contributed by atoms with Crippen molar-refractivity contribution in [2.45, 2.75) is 32.6 Å². The number of aryl methyl sites for hydroxylation is 1. The van der Waals surface area contributed by atoms with E-state index in [1.165, 1.54) is 17.6 Å². The molecule has 1 N–H and O–H groups in total. The van der Waals surface area contributed by atoms with Gasteiger partial charge in [-0.1, -0.05) is 13.8 Å². The molecule has 1 rings (SSSR count). The predicted molar refractivity (Wildman–Crippen MR) is 71.6 cm³/mol. The number of esters is 1. The largest absolute Gasteiger partial charge is 0.469 e. The van der Waals surface area contributed by atoms with E-state index in [1.54, 1.807) is 11.3 Å². The van der Waals surface area contributed by atoms with Crippen LogP contribution >= 0.6 is 11.3 Å². The maximum Gasteiger partial charge on any atom is 0.306 e. The number of rotatable bonds is 6. The van der Waals surface area contributed by atoms with Crippen molar-refractivity contribution in [3.05, 3.63) is 21.9 Å². The Hall–Kier alpha value is -0.870. The molecule has 0 radical (unpaired) electrons. The Morgan fingerprint density at radius 2 is 2.24 bits per heavy atom. The Labute approximate surface area is 107 Å². The van der Waals surface area contributed by atoms with Crippen LogP contribution in [-0.2, 0) is 14.9 Å². The molecule has 0 fully saturated rings. The van der Waals surface area contributed by atoms with Gasteiger partial charge in [-0.3, -0.25) is 4.79 Å². The van der Waals surface area contributed by atoms with Crippen LogP contribution in [0.4, 0.5) is 0 Å². The zero-order valence-electron chi connectivity index (χ0n) is 11.0. The Balaban J connectivity index is 2.40. The highest BCUT2D eigenvalue weighted by molar-refractivity contribution is 7.10. The fourth-order valence-electron chi connectivity index (χ4n) is 1.84. The molecule has 0 aromatic carbocycles. The first kappa shape index (κ1) is 14.2. The summed E-state index contributed by atoms with van der Waals surface area (Å²) in [6, 6.07) is 2.15. The number of carbonyl (C=O) groups excluding carboxylic acids is 1. The van der Waals surface area contributed by atoms with Gasteiger partial charge in [0.05, 0.1) is 13.5 Å². The first-order valence-electron chi connectivity index (χ1n) is 5.79. The lowest BCUT2D eigenvalue weighted by molar-refractivity contribution is -0.140. The molecule has 0 spiro atoms. The average molecular weight is 255 g/mol. The third kappa shape index (κ3) is 4.13. The van der Waals surface area contributed by atoms with Crippen LogP contribution in [0.5, 0.6) is 0 Å². The van der Waals surface area contributed by atoms with Gasteiger partial charge < -0.3 is 10.1 Å². The van der Waals surface area contributed by atoms with Crippen LogP contribution < -0.4 is 5.32 Å². The molecule has 4 heteroatoms. The molecule has 1 heterocycles. The van der Waals surface area contributed by atoms with Crippen molar-refractivity contribution in [3.8, 4) is 0 Å². The molecule has 3 nitrogen and oxygen atoms in total. The van der Waals surface area contributed by atoms with Gasteiger partial charge in [0, 0.05) is 23.4 Å². The molecule has 0 saturated heterocycles. The van der Waals surface area contributed by atoms with Gasteiger partial charge in [-0.15, -0.1) is 11.3 Å². The number of hydrogen-bond acceptors (Lipinski definition) is 4. The van der Waals surface area contributed by atoms with Gasteiger partial charge >= 0.3 is 5.97 Å². The highest BCUT2D eigenvalue weighted by Gasteiger charge is 2.23. The van der Waals surface area contributed by atoms with Crippen molar-refractivity contribution in [1.29, 1.82) is 0 Å². The highest BCUT2D eigenvalue weighted by Crippen LogP contribution is 2.30. The molecule has 0 aliphatic rings. The molecule has 17 heavy (non-hydrogen) atoms. The number of thiophene rings is 1. The topological polar surface area (TPSA) is 38.3 Å². The molecule has 0 amide bonds. The van der Waals surface area contributed by atoms with Gasteiger partial charge in [-0.25, -0.2) is 0 Å². The van der Waals surface area contributed by atoms with Crippen LogP contribution in [0.2, 0.25) is 0 Å². The van der Waals surface area contributed by atoms with Crippen molar-refractivity contribution >= 4 is 17.3 Å². The molecule has 1 aromatic rings. The van der Waals surface area contributed by atoms with Crippen LogP contribution in [0.25, 0.3) is 0 Å². The summed E-state index contributed by atoms with van der Waals surface area (Å²) in [6.07, 6.45) is 0.427. The summed E-state index contributed by atoms with van der Waals surface area (Å²) in [5, 5.41) is 5.44. The summed E-state index contributed by atoms with van der Waals surface area (Å²) >= 11 is 1.79. The summed E-state index contributed by atoms with van der Waals surface area (Å²) < 4.78 is 4.60. The van der Waals surface area contributed by atoms with E-state index in [-0.39, 0.29) is 11.4 Å². The van der Waals surface area contributed by atoms with Gasteiger partial charge in [0.2, 0.25) is 0 Å². The molecule has 0 unspecified atom stereocenters. The maximum absolute atomic E-state index is 11.0. The van der Waals surface area contributed by atoms with Crippen LogP contribution in [-0.4, -0.2) is 26.2 Å². The van der Waals surface area contributed by atoms with Gasteiger partial charge in [0.1, 0.15) is 0 Å². The average Bonchev–Trinajstić information content (AvgIpc) is 2.71. The Bertz CT molecular complexity index is 371. The van der Waals surface area contributed by atoms with Crippen molar-refractivity contribution in [2.75, 3.05) is 20.2 Å². The molecule has 96 valence electrons. The van der Waals surface area contributed by atoms with Gasteiger partial charge in [-0.05, 0) is 23.9 Å². The maximum atomic E-state index is 11.0. The van der Waals surface area contributed by atoms with E-state index in [0.29, 0.717) is 13.0 Å². The number of nitrogens with one attached hydrogen (secondary N) is 1. The Morgan fingerprint density at radius 3 is 2.76 bits per heavy atom. The number of carbonyl (C=O) groups is 1. The SMILES string of the molecule is COC(=O)CCNCC(C)(C)c1sccc1C. The molecule has 1 aromatic heterocycles. The van der Waals surface area contributed by atoms with E-state index in [2.05, 4.69) is 42.3 Å². The third-order valence-corrected chi connectivity index (χ3v) is 4.16. The van der Waals surface area contributed by atoms with Gasteiger partial charge in [0.15, 0.2) is 0 Å². The summed E-state index contributed by atoms with van der Waals surface area (Å²) in [7, 11) is 1.42. The predicted octanol–water partition coefficient (Wildman–Crippen LogP) is 2.49. The lowest BCUT2D eigenvalue weighted by Crippen LogP contribution is -2.34. The normalized spacial score (nSPS) is 11.5. The molecule has 0 atom stereocenters. The lowest BCUT2D eigenvalue weighted by Gasteiger charge is -2.25. The minimum Gasteiger partial charge on any atom is -0.469 e. The first-order valence-corrected chi connectivity index (χ1v) is 6.67. The highest BCUT2D eigenvalue weighted by atomic mass is 32.1. The molecular formula is C13H21NO2S. The second kappa shape index (κ2) is 6.17. The quantitative estimate of drug-likeness (QED) is 0.627. The van der Waals surface area contributed by atoms with E-state index < -0.39 is 0 Å². The standard InChI is InChI=1S/C13H21NO2S/c1-10-6-8-17-12(10)13(2,3)9-14-7-5-11(15)16-4/h6,8,14H,5,7,9H2,1-4H3. The smallest absolute Gasteiger partial charge is 0.306 e. The van der Waals surface area contributed by atoms with Crippen molar-refractivity contribution < 1.29 is 9.53 Å². The van der Waals surface area contributed by atoms with Crippen molar-refractivity contribution in [3.63, 3.8) is 0 Å². The molecule has 0 aliphatic heterocycles. The second-order valence-electron chi connectivity index (χ2n) is 4.82. The summed E-state index contributed by atoms with van der Waals surface area (Å²) in [5.41, 5.74) is 1.45. The monoisotopic (exact) mass is 255 g/mol. The fraction of sp³-hybridized carbons (Fsp3) is 0.615. The van der Waals surface area contributed by atoms with Crippen LogP contribution in [0.1, 0.15) is 30.7 Å². The van der Waals surface area contributed by atoms with Gasteiger partial charge in [-0.2, -0.15) is 0 Å². The second-order valence-corrected chi connectivity index (χ2v) is 5.74. The number of ether oxygens (including phenoxy) is 1. The first-order chi connectivity index (χ1) is 7.97. The van der Waals surface area contributed by atoms with E-state index in [1.807, 2.05) is 0 Å². The van der Waals surface area contributed by atoms with Crippen LogP contribution in [0.3, 0.4) is 0 Å². The van der Waals surface area contributed by atoms with Gasteiger partial charge in [0.25, 0.3) is 0 Å². The van der Waals surface area contributed by atoms with Crippen molar-refractivity contribution in [2.24, 2.45) is 0 Å². The van der Waals surface area contributed by atoms with Crippen LogP contribution in [0.15, 0.2) is 11.4 Å². The summed E-state index contributed by atoms with van der Waals surface area (Å²) in [5.74, 6) is -0.164. The molecule has 0 bridgehead atoms. The minimum absolute atomic E-state index is 0.106. The lowest BCUT2D eigenvalue weighted by atomic mass is 9.89. The number of methoxy groups -OCH3 is 1.